The Morgan fingerprint density at radius 2 is 1.90 bits per heavy atom. The molecule has 2 aromatic heterocycles. The average molecular weight is 439 g/mol. The lowest BCUT2D eigenvalue weighted by Crippen LogP contribution is -2.30. The van der Waals surface area contributed by atoms with Crippen molar-refractivity contribution in [2.24, 2.45) is 0 Å². The molecular formula is C21H19ClN6OS. The molecule has 30 heavy (non-hydrogen) atoms. The molecule has 1 N–H and O–H groups in total. The molecule has 0 bridgehead atoms. The highest BCUT2D eigenvalue weighted by atomic mass is 35.5. The zero-order valence-corrected chi connectivity index (χ0v) is 18.0. The number of hydrogen-bond acceptors (Lipinski definition) is 5. The topological polar surface area (TPSA) is 79.7 Å². The lowest BCUT2D eigenvalue weighted by atomic mass is 10.2. The Morgan fingerprint density at radius 1 is 1.17 bits per heavy atom. The Morgan fingerprint density at radius 3 is 2.67 bits per heavy atom. The van der Waals surface area contributed by atoms with Crippen LogP contribution in [0.15, 0.2) is 48.5 Å². The fraction of sp³-hybridized carbons (Fsp3) is 0.190. The summed E-state index contributed by atoms with van der Waals surface area (Å²) < 4.78 is 2.05. The van der Waals surface area contributed by atoms with Gasteiger partial charge < -0.3 is 4.90 Å². The van der Waals surface area contributed by atoms with Gasteiger partial charge in [-0.3, -0.25) is 14.5 Å². The number of likely N-dealkylation sites (N-methyl/N-ethyl adjacent to an activating group) is 1. The Labute approximate surface area is 183 Å². The first-order valence-corrected chi connectivity index (χ1v) is 10.1. The van der Waals surface area contributed by atoms with Crippen LogP contribution in [0.5, 0.6) is 0 Å². The lowest BCUT2D eigenvalue weighted by Gasteiger charge is -2.18. The van der Waals surface area contributed by atoms with E-state index in [2.05, 4.69) is 20.2 Å². The van der Waals surface area contributed by atoms with E-state index in [1.165, 1.54) is 0 Å². The van der Waals surface area contributed by atoms with E-state index in [9.17, 15) is 4.79 Å². The number of aromatic amines is 1. The van der Waals surface area contributed by atoms with Gasteiger partial charge in [0.2, 0.25) is 5.91 Å². The number of nitrogens with one attached hydrogen (secondary N) is 1. The summed E-state index contributed by atoms with van der Waals surface area (Å²) in [5, 5.41) is 8.66. The number of carbonyl (C=O) groups is 1. The Bertz CT molecular complexity index is 1280. The van der Waals surface area contributed by atoms with Gasteiger partial charge in [0.1, 0.15) is 12.4 Å². The lowest BCUT2D eigenvalue weighted by molar-refractivity contribution is -0.131. The first-order valence-electron chi connectivity index (χ1n) is 9.30. The van der Waals surface area contributed by atoms with Crippen LogP contribution < -0.4 is 0 Å². The van der Waals surface area contributed by atoms with Crippen LogP contribution >= 0.6 is 23.8 Å². The zero-order valence-electron chi connectivity index (χ0n) is 16.5. The number of H-pyrrole nitrogens is 1. The highest BCUT2D eigenvalue weighted by molar-refractivity contribution is 7.71. The molecule has 0 atom stereocenters. The number of halogens is 1. The number of hydrogen-bond donors (Lipinski definition) is 1. The molecule has 0 spiro atoms. The van der Waals surface area contributed by atoms with Crippen molar-refractivity contribution in [1.82, 2.24) is 29.6 Å². The first kappa shape index (κ1) is 20.2. The van der Waals surface area contributed by atoms with Crippen molar-refractivity contribution in [3.63, 3.8) is 0 Å². The summed E-state index contributed by atoms with van der Waals surface area (Å²) in [4.78, 5) is 23.6. The second-order valence-corrected chi connectivity index (χ2v) is 7.76. The monoisotopic (exact) mass is 438 g/mol. The van der Waals surface area contributed by atoms with Crippen molar-refractivity contribution in [2.75, 3.05) is 7.05 Å². The van der Waals surface area contributed by atoms with E-state index < -0.39 is 0 Å². The van der Waals surface area contributed by atoms with Crippen LogP contribution in [0.2, 0.25) is 5.02 Å². The Kier molecular flexibility index (Phi) is 5.61. The maximum Gasteiger partial charge on any atom is 0.242 e. The third-order valence-corrected chi connectivity index (χ3v) is 5.36. The molecule has 2 aromatic carbocycles. The van der Waals surface area contributed by atoms with Gasteiger partial charge in [-0.25, -0.2) is 9.97 Å². The number of benzene rings is 2. The number of para-hydroxylation sites is 1. The molecule has 9 heteroatoms. The highest BCUT2D eigenvalue weighted by Gasteiger charge is 2.17. The van der Waals surface area contributed by atoms with E-state index >= 15 is 0 Å². The van der Waals surface area contributed by atoms with Gasteiger partial charge in [0.15, 0.2) is 10.6 Å². The van der Waals surface area contributed by atoms with Crippen molar-refractivity contribution in [1.29, 1.82) is 0 Å². The molecule has 0 aliphatic carbocycles. The van der Waals surface area contributed by atoms with E-state index in [-0.39, 0.29) is 12.5 Å². The third-order valence-electron chi connectivity index (χ3n) is 4.80. The average Bonchev–Trinajstić information content (AvgIpc) is 3.09. The quantitative estimate of drug-likeness (QED) is 0.473. The number of nitrogens with zero attached hydrogens (tertiary/aromatic N) is 5. The smallest absolute Gasteiger partial charge is 0.242 e. The minimum Gasteiger partial charge on any atom is -0.337 e. The van der Waals surface area contributed by atoms with Crippen LogP contribution in [0.3, 0.4) is 0 Å². The molecule has 0 saturated carbocycles. The van der Waals surface area contributed by atoms with Gasteiger partial charge in [0.25, 0.3) is 0 Å². The molecule has 152 valence electrons. The van der Waals surface area contributed by atoms with Gasteiger partial charge in [-0.2, -0.15) is 5.10 Å². The summed E-state index contributed by atoms with van der Waals surface area (Å²) in [5.74, 6) is 1.05. The number of aromatic nitrogens is 5. The summed E-state index contributed by atoms with van der Waals surface area (Å²) >= 11 is 11.3. The number of carbonyl (C=O) groups excluding carboxylic acids is 1. The van der Waals surface area contributed by atoms with Crippen molar-refractivity contribution in [2.45, 2.75) is 20.0 Å². The van der Waals surface area contributed by atoms with Crippen LogP contribution in [0.1, 0.15) is 11.5 Å². The SMILES string of the molecule is Cc1nc(CN(C)C(=O)Cn2c(-c3ccc(Cl)cc3)n[nH]c2=S)nc2ccccc12. The van der Waals surface area contributed by atoms with E-state index in [0.717, 1.165) is 22.2 Å². The molecule has 1 amide bonds. The highest BCUT2D eigenvalue weighted by Crippen LogP contribution is 2.20. The van der Waals surface area contributed by atoms with Gasteiger partial charge in [0.05, 0.1) is 12.1 Å². The van der Waals surface area contributed by atoms with Gasteiger partial charge >= 0.3 is 0 Å². The number of rotatable bonds is 5. The van der Waals surface area contributed by atoms with Crippen LogP contribution in [0.25, 0.3) is 22.3 Å². The minimum atomic E-state index is -0.128. The first-order chi connectivity index (χ1) is 14.4. The summed E-state index contributed by atoms with van der Waals surface area (Å²) in [6, 6.07) is 15.0. The molecule has 0 aliphatic rings. The van der Waals surface area contributed by atoms with Crippen LogP contribution in [-0.4, -0.2) is 42.6 Å². The second kappa shape index (κ2) is 8.33. The largest absolute Gasteiger partial charge is 0.337 e. The summed E-state index contributed by atoms with van der Waals surface area (Å²) in [6.07, 6.45) is 0. The standard InChI is InChI=1S/C21H19ClN6OS/c1-13-16-5-3-4-6-17(16)24-18(23-13)11-27(2)19(29)12-28-20(25-26-21(28)30)14-7-9-15(22)10-8-14/h3-10H,11-12H2,1-2H3,(H,26,30). The second-order valence-electron chi connectivity index (χ2n) is 6.94. The zero-order chi connectivity index (χ0) is 21.3. The van der Waals surface area contributed by atoms with Gasteiger partial charge in [-0.05, 0) is 49.5 Å². The van der Waals surface area contributed by atoms with Crippen molar-refractivity contribution in [3.8, 4) is 11.4 Å². The summed E-state index contributed by atoms with van der Waals surface area (Å²) in [5.41, 5.74) is 2.57. The van der Waals surface area contributed by atoms with E-state index in [4.69, 9.17) is 23.8 Å². The van der Waals surface area contributed by atoms with Crippen LogP contribution in [0.4, 0.5) is 0 Å². The molecule has 0 fully saturated rings. The molecule has 4 aromatic rings. The van der Waals surface area contributed by atoms with Gasteiger partial charge in [0, 0.05) is 28.7 Å². The Balaban J connectivity index is 1.54. The molecule has 4 rings (SSSR count). The maximum atomic E-state index is 12.9. The molecule has 7 nitrogen and oxygen atoms in total. The molecular weight excluding hydrogens is 420 g/mol. The molecule has 0 unspecified atom stereocenters. The minimum absolute atomic E-state index is 0.0519. The van der Waals surface area contributed by atoms with Gasteiger partial charge in [-0.15, -0.1) is 0 Å². The Hall–Kier alpha value is -3.10. The predicted molar refractivity (Wildman–Crippen MR) is 119 cm³/mol. The molecule has 2 heterocycles. The van der Waals surface area contributed by atoms with E-state index in [1.54, 1.807) is 28.6 Å². The van der Waals surface area contributed by atoms with E-state index in [1.807, 2.05) is 43.3 Å². The van der Waals surface area contributed by atoms with E-state index in [0.29, 0.717) is 28.0 Å². The number of fused-ring (bicyclic) bond motifs is 1. The predicted octanol–water partition coefficient (Wildman–Crippen LogP) is 4.17. The normalized spacial score (nSPS) is 11.0. The van der Waals surface area contributed by atoms with Crippen molar-refractivity contribution in [3.05, 3.63) is 69.8 Å². The van der Waals surface area contributed by atoms with Gasteiger partial charge in [-0.1, -0.05) is 29.8 Å². The fourth-order valence-electron chi connectivity index (χ4n) is 3.21. The molecule has 0 radical (unpaired) electrons. The third kappa shape index (κ3) is 4.10. The fourth-order valence-corrected chi connectivity index (χ4v) is 3.53. The van der Waals surface area contributed by atoms with Crippen molar-refractivity contribution < 1.29 is 4.79 Å². The number of amides is 1. The molecule has 0 aliphatic heterocycles. The maximum absolute atomic E-state index is 12.9. The summed E-state index contributed by atoms with van der Waals surface area (Å²) in [7, 11) is 1.72. The van der Waals surface area contributed by atoms with Crippen molar-refractivity contribution >= 4 is 40.6 Å². The van der Waals surface area contributed by atoms with Crippen LogP contribution in [-0.2, 0) is 17.9 Å². The number of aryl methyl sites for hydroxylation is 1. The summed E-state index contributed by atoms with van der Waals surface area (Å²) in [6.45, 7) is 2.29. The van der Waals surface area contributed by atoms with Crippen LogP contribution in [0, 0.1) is 11.7 Å². The molecule has 0 saturated heterocycles.